The number of halogens is 4. The number of rotatable bonds is 6. The van der Waals surface area contributed by atoms with Gasteiger partial charge in [0.15, 0.2) is 35.0 Å². The highest BCUT2D eigenvalue weighted by molar-refractivity contribution is 6.18. The highest BCUT2D eigenvalue weighted by atomic mass is 19.2. The van der Waals surface area contributed by atoms with Crippen LogP contribution in [0.15, 0.2) is 47.5 Å². The largest absolute Gasteiger partial charge is 0.506 e. The Morgan fingerprint density at radius 3 is 2.32 bits per heavy atom. The molecule has 0 amide bonds. The lowest BCUT2D eigenvalue weighted by atomic mass is 9.97. The minimum atomic E-state index is -2.19. The van der Waals surface area contributed by atoms with Crippen molar-refractivity contribution in [3.8, 4) is 5.75 Å². The molecule has 3 aromatic carbocycles. The van der Waals surface area contributed by atoms with E-state index in [2.05, 4.69) is 4.99 Å². The summed E-state index contributed by atoms with van der Waals surface area (Å²) in [5.41, 5.74) is -1.19. The van der Waals surface area contributed by atoms with E-state index in [1.807, 2.05) is 0 Å². The lowest BCUT2D eigenvalue weighted by Crippen LogP contribution is -2.29. The van der Waals surface area contributed by atoms with Crippen molar-refractivity contribution in [2.75, 3.05) is 6.61 Å². The second-order valence-electron chi connectivity index (χ2n) is 6.41. The SMILES string of the molecule is CCOC(=O)C(C=Nc1cc2ccccc2cc1O)C(=O)c1cc(F)c(F)c(F)c1F. The maximum absolute atomic E-state index is 14.1. The van der Waals surface area contributed by atoms with Gasteiger partial charge in [0.1, 0.15) is 11.4 Å². The van der Waals surface area contributed by atoms with Gasteiger partial charge >= 0.3 is 5.97 Å². The van der Waals surface area contributed by atoms with Crippen LogP contribution >= 0.6 is 0 Å². The molecular weight excluding hydrogens is 418 g/mol. The second-order valence-corrected chi connectivity index (χ2v) is 6.41. The standard InChI is InChI=1S/C22H15F4NO4/c1-2-31-22(30)14(21(29)13-9-15(23)19(25)20(26)18(13)24)10-27-16-7-11-5-3-4-6-12(11)8-17(16)28/h3-10,14,28H,2H2,1H3. The van der Waals surface area contributed by atoms with Crippen molar-refractivity contribution >= 4 is 34.4 Å². The number of aromatic hydroxyl groups is 1. The van der Waals surface area contributed by atoms with E-state index in [1.165, 1.54) is 19.1 Å². The lowest BCUT2D eigenvalue weighted by molar-refractivity contribution is -0.143. The van der Waals surface area contributed by atoms with E-state index in [-0.39, 0.29) is 24.1 Å². The molecule has 0 bridgehead atoms. The number of fused-ring (bicyclic) bond motifs is 1. The van der Waals surface area contributed by atoms with Gasteiger partial charge in [0, 0.05) is 6.21 Å². The van der Waals surface area contributed by atoms with Gasteiger partial charge in [0.25, 0.3) is 0 Å². The van der Waals surface area contributed by atoms with Crippen LogP contribution < -0.4 is 0 Å². The third-order valence-corrected chi connectivity index (χ3v) is 4.40. The van der Waals surface area contributed by atoms with E-state index >= 15 is 0 Å². The quantitative estimate of drug-likeness (QED) is 0.115. The minimum absolute atomic E-state index is 0.0160. The predicted octanol–water partition coefficient (Wildman–Crippen LogP) is 4.87. The number of benzene rings is 3. The molecular formula is C22H15F4NO4. The van der Waals surface area contributed by atoms with Crippen LogP contribution in [0.2, 0.25) is 0 Å². The lowest BCUT2D eigenvalue weighted by Gasteiger charge is -2.12. The maximum Gasteiger partial charge on any atom is 0.322 e. The summed E-state index contributed by atoms with van der Waals surface area (Å²) >= 11 is 0. The highest BCUT2D eigenvalue weighted by Crippen LogP contribution is 2.32. The number of aliphatic imine (C=N–C) groups is 1. The highest BCUT2D eigenvalue weighted by Gasteiger charge is 2.32. The van der Waals surface area contributed by atoms with Crippen LogP contribution in [0.5, 0.6) is 5.75 Å². The van der Waals surface area contributed by atoms with E-state index in [9.17, 15) is 32.3 Å². The number of esters is 1. The summed E-state index contributed by atoms with van der Waals surface area (Å²) in [5.74, 6) is -12.7. The molecule has 0 aromatic heterocycles. The zero-order valence-electron chi connectivity index (χ0n) is 16.0. The first kappa shape index (κ1) is 21.9. The van der Waals surface area contributed by atoms with Crippen molar-refractivity contribution in [1.29, 1.82) is 0 Å². The molecule has 1 unspecified atom stereocenters. The molecule has 1 atom stereocenters. The third kappa shape index (κ3) is 4.40. The summed E-state index contributed by atoms with van der Waals surface area (Å²) in [5, 5.41) is 11.6. The molecule has 0 spiro atoms. The van der Waals surface area contributed by atoms with Gasteiger partial charge in [-0.3, -0.25) is 14.6 Å². The van der Waals surface area contributed by atoms with Gasteiger partial charge in [0.05, 0.1) is 12.2 Å². The summed E-state index contributed by atoms with van der Waals surface area (Å²) in [4.78, 5) is 28.8. The van der Waals surface area contributed by atoms with Crippen LogP contribution in [0.25, 0.3) is 10.8 Å². The molecule has 3 aromatic rings. The summed E-state index contributed by atoms with van der Waals surface area (Å²) in [7, 11) is 0. The molecule has 160 valence electrons. The zero-order valence-corrected chi connectivity index (χ0v) is 16.0. The first-order valence-corrected chi connectivity index (χ1v) is 9.04. The Hall–Kier alpha value is -3.75. The van der Waals surface area contributed by atoms with Crippen molar-refractivity contribution in [3.05, 3.63) is 71.3 Å². The Morgan fingerprint density at radius 1 is 1.03 bits per heavy atom. The Bertz CT molecular complexity index is 1210. The van der Waals surface area contributed by atoms with Crippen LogP contribution in [0.1, 0.15) is 17.3 Å². The molecule has 31 heavy (non-hydrogen) atoms. The molecule has 0 heterocycles. The molecule has 0 fully saturated rings. The van der Waals surface area contributed by atoms with E-state index in [0.29, 0.717) is 10.8 Å². The van der Waals surface area contributed by atoms with Crippen LogP contribution in [0.3, 0.4) is 0 Å². The molecule has 0 saturated heterocycles. The fourth-order valence-electron chi connectivity index (χ4n) is 2.86. The number of ketones is 1. The number of phenols is 1. The molecule has 9 heteroatoms. The van der Waals surface area contributed by atoms with Gasteiger partial charge in [-0.2, -0.15) is 0 Å². The Labute approximate surface area is 173 Å². The average Bonchev–Trinajstić information content (AvgIpc) is 2.75. The van der Waals surface area contributed by atoms with Crippen molar-refractivity contribution in [1.82, 2.24) is 0 Å². The third-order valence-electron chi connectivity index (χ3n) is 4.40. The van der Waals surface area contributed by atoms with Crippen molar-refractivity contribution in [2.45, 2.75) is 6.92 Å². The number of nitrogens with zero attached hydrogens (tertiary/aromatic N) is 1. The Balaban J connectivity index is 2.04. The van der Waals surface area contributed by atoms with Gasteiger partial charge in [-0.1, -0.05) is 24.3 Å². The number of hydrogen-bond acceptors (Lipinski definition) is 5. The van der Waals surface area contributed by atoms with Gasteiger partial charge in [-0.15, -0.1) is 0 Å². The van der Waals surface area contributed by atoms with Crippen LogP contribution in [-0.2, 0) is 9.53 Å². The minimum Gasteiger partial charge on any atom is -0.506 e. The van der Waals surface area contributed by atoms with Gasteiger partial charge < -0.3 is 9.84 Å². The average molecular weight is 433 g/mol. The molecule has 0 radical (unpaired) electrons. The van der Waals surface area contributed by atoms with E-state index in [0.717, 1.165) is 6.21 Å². The van der Waals surface area contributed by atoms with Crippen LogP contribution in [0.4, 0.5) is 23.2 Å². The molecule has 0 aliphatic carbocycles. The number of carbonyl (C=O) groups is 2. The Morgan fingerprint density at radius 2 is 1.68 bits per heavy atom. The number of carbonyl (C=O) groups excluding carboxylic acids is 2. The summed E-state index contributed by atoms with van der Waals surface area (Å²) in [6.45, 7) is 1.30. The van der Waals surface area contributed by atoms with Gasteiger partial charge in [-0.05, 0) is 35.9 Å². The normalized spacial score (nSPS) is 12.3. The molecule has 0 aliphatic heterocycles. The fraction of sp³-hybridized carbons (Fsp3) is 0.136. The molecule has 0 saturated carbocycles. The van der Waals surface area contributed by atoms with E-state index < -0.39 is 46.5 Å². The van der Waals surface area contributed by atoms with Crippen LogP contribution in [-0.4, -0.2) is 29.7 Å². The maximum atomic E-state index is 14.1. The van der Waals surface area contributed by atoms with E-state index in [4.69, 9.17) is 4.74 Å². The van der Waals surface area contributed by atoms with Crippen molar-refractivity contribution in [2.24, 2.45) is 10.9 Å². The monoisotopic (exact) mass is 433 g/mol. The van der Waals surface area contributed by atoms with Gasteiger partial charge in [0.2, 0.25) is 0 Å². The topological polar surface area (TPSA) is 76.0 Å². The Kier molecular flexibility index (Phi) is 6.33. The second kappa shape index (κ2) is 8.95. The van der Waals surface area contributed by atoms with E-state index in [1.54, 1.807) is 24.3 Å². The van der Waals surface area contributed by atoms with Crippen molar-refractivity contribution in [3.63, 3.8) is 0 Å². The summed E-state index contributed by atoms with van der Waals surface area (Å²) < 4.78 is 59.1. The fourth-order valence-corrected chi connectivity index (χ4v) is 2.86. The zero-order chi connectivity index (χ0) is 22.7. The first-order valence-electron chi connectivity index (χ1n) is 9.04. The first-order chi connectivity index (χ1) is 14.7. The number of Topliss-reactive ketones (excluding diaryl/α,β-unsaturated/α-hetero) is 1. The smallest absolute Gasteiger partial charge is 0.322 e. The number of phenolic OH excluding ortho intramolecular Hbond substituents is 1. The molecule has 0 aliphatic rings. The van der Waals surface area contributed by atoms with Gasteiger partial charge in [-0.25, -0.2) is 17.6 Å². The van der Waals surface area contributed by atoms with Crippen molar-refractivity contribution < 1.29 is 37.0 Å². The molecule has 3 rings (SSSR count). The molecule has 1 N–H and O–H groups in total. The number of hydrogen-bond donors (Lipinski definition) is 1. The van der Waals surface area contributed by atoms with Crippen LogP contribution in [0, 0.1) is 29.2 Å². The summed E-state index contributed by atoms with van der Waals surface area (Å²) in [6, 6.07) is 10.0. The summed E-state index contributed by atoms with van der Waals surface area (Å²) in [6.07, 6.45) is 0.767. The predicted molar refractivity (Wildman–Crippen MR) is 104 cm³/mol. The molecule has 5 nitrogen and oxygen atoms in total. The number of ether oxygens (including phenoxy) is 1.